The molecule has 2 heterocycles. The molecule has 4 aromatic rings. The second-order valence-corrected chi connectivity index (χ2v) is 7.72. The quantitative estimate of drug-likeness (QED) is 0.349. The fourth-order valence-corrected chi connectivity index (χ4v) is 3.83. The van der Waals surface area contributed by atoms with Gasteiger partial charge in [0.25, 0.3) is 0 Å². The van der Waals surface area contributed by atoms with Gasteiger partial charge in [0.15, 0.2) is 0 Å². The summed E-state index contributed by atoms with van der Waals surface area (Å²) in [5, 5.41) is 6.36. The van der Waals surface area contributed by atoms with E-state index in [1.54, 1.807) is 48.7 Å². The molecule has 0 saturated carbocycles. The van der Waals surface area contributed by atoms with E-state index in [2.05, 4.69) is 25.5 Å². The molecule has 0 fully saturated rings. The number of anilines is 2. The number of benzene rings is 3. The number of rotatable bonds is 4. The molecule has 0 unspecified atom stereocenters. The summed E-state index contributed by atoms with van der Waals surface area (Å²) in [5.74, 6) is -1.12. The summed E-state index contributed by atoms with van der Waals surface area (Å²) in [6.45, 7) is 0.130. The topological polar surface area (TPSA) is 79.6 Å². The molecule has 0 bridgehead atoms. The van der Waals surface area contributed by atoms with Crippen LogP contribution in [0.1, 0.15) is 16.7 Å². The van der Waals surface area contributed by atoms with Crippen molar-refractivity contribution in [3.63, 3.8) is 0 Å². The average molecular weight is 462 g/mol. The third-order valence-electron chi connectivity index (χ3n) is 5.19. The highest BCUT2D eigenvalue weighted by molar-refractivity contribution is 6.31. The number of hydrogen-bond donors (Lipinski definition) is 1. The van der Waals surface area contributed by atoms with Crippen LogP contribution in [-0.2, 0) is 6.54 Å². The molecule has 162 valence electrons. The monoisotopic (exact) mass is 461 g/mol. The highest BCUT2D eigenvalue weighted by atomic mass is 35.5. The van der Waals surface area contributed by atoms with Crippen molar-refractivity contribution in [3.8, 4) is 11.3 Å². The summed E-state index contributed by atoms with van der Waals surface area (Å²) in [4.78, 5) is 24.1. The maximum Gasteiger partial charge on any atom is 0.227 e. The number of fused-ring (bicyclic) bond motifs is 3. The molecule has 1 aliphatic heterocycles. The molecule has 0 aliphatic carbocycles. The Morgan fingerprint density at radius 3 is 2.45 bits per heavy atom. The average Bonchev–Trinajstić information content (AvgIpc) is 2.96. The third kappa shape index (κ3) is 3.96. The van der Waals surface area contributed by atoms with Crippen molar-refractivity contribution in [1.29, 1.82) is 0 Å². The van der Waals surface area contributed by atoms with Gasteiger partial charge in [-0.05, 0) is 53.7 Å². The van der Waals surface area contributed by atoms with Crippen LogP contribution < -0.4 is 5.32 Å². The number of aliphatic imine (C=N–C) groups is 1. The first-order valence-corrected chi connectivity index (χ1v) is 10.3. The van der Waals surface area contributed by atoms with Gasteiger partial charge in [0.05, 0.1) is 23.5 Å². The van der Waals surface area contributed by atoms with Crippen LogP contribution in [0.5, 0.6) is 0 Å². The molecule has 0 spiro atoms. The van der Waals surface area contributed by atoms with E-state index in [-0.39, 0.29) is 17.8 Å². The second kappa shape index (κ2) is 8.48. The smallest absolute Gasteiger partial charge is 0.227 e. The highest BCUT2D eigenvalue weighted by Crippen LogP contribution is 2.34. The van der Waals surface area contributed by atoms with Gasteiger partial charge >= 0.3 is 0 Å². The summed E-state index contributed by atoms with van der Waals surface area (Å²) < 4.78 is 29.3. The van der Waals surface area contributed by atoms with Gasteiger partial charge in [-0.25, -0.2) is 18.7 Å². The zero-order valence-electron chi connectivity index (χ0n) is 16.9. The molecule has 0 radical (unpaired) electrons. The summed E-state index contributed by atoms with van der Waals surface area (Å²) in [6.07, 6.45) is 1.62. The maximum atomic E-state index is 14.6. The zero-order chi connectivity index (χ0) is 22.9. The van der Waals surface area contributed by atoms with Gasteiger partial charge in [-0.15, -0.1) is 4.91 Å². The van der Waals surface area contributed by atoms with Crippen molar-refractivity contribution < 1.29 is 8.78 Å². The number of hydrogen-bond acceptors (Lipinski definition) is 6. The van der Waals surface area contributed by atoms with Crippen molar-refractivity contribution in [2.75, 3.05) is 5.32 Å². The minimum atomic E-state index is -0.715. The summed E-state index contributed by atoms with van der Waals surface area (Å²) >= 11 is 6.24. The van der Waals surface area contributed by atoms with Gasteiger partial charge < -0.3 is 5.32 Å². The molecule has 3 aromatic carbocycles. The van der Waals surface area contributed by atoms with Crippen LogP contribution in [0.15, 0.2) is 77.0 Å². The van der Waals surface area contributed by atoms with E-state index in [9.17, 15) is 13.7 Å². The third-order valence-corrected chi connectivity index (χ3v) is 5.43. The van der Waals surface area contributed by atoms with Crippen molar-refractivity contribution >= 4 is 34.6 Å². The largest absolute Gasteiger partial charge is 0.324 e. The predicted octanol–water partition coefficient (Wildman–Crippen LogP) is 6.57. The summed E-state index contributed by atoms with van der Waals surface area (Å²) in [5.41, 5.74) is 3.27. The zero-order valence-corrected chi connectivity index (χ0v) is 17.6. The molecule has 1 N–H and O–H groups in total. The molecule has 9 heteroatoms. The van der Waals surface area contributed by atoms with Crippen LogP contribution >= 0.6 is 11.6 Å². The Hall–Kier alpha value is -4.04. The van der Waals surface area contributed by atoms with Crippen molar-refractivity contribution in [1.82, 2.24) is 9.97 Å². The van der Waals surface area contributed by atoms with E-state index in [0.717, 1.165) is 0 Å². The summed E-state index contributed by atoms with van der Waals surface area (Å²) in [6, 6.07) is 15.2. The first-order valence-electron chi connectivity index (χ1n) is 9.89. The first-order chi connectivity index (χ1) is 16.0. The van der Waals surface area contributed by atoms with E-state index < -0.39 is 11.6 Å². The van der Waals surface area contributed by atoms with Crippen LogP contribution in [0.4, 0.5) is 26.1 Å². The molecule has 6 nitrogen and oxygen atoms in total. The molecule has 33 heavy (non-hydrogen) atoms. The first kappa shape index (κ1) is 20.8. The highest BCUT2D eigenvalue weighted by Gasteiger charge is 2.25. The minimum Gasteiger partial charge on any atom is -0.324 e. The van der Waals surface area contributed by atoms with Gasteiger partial charge in [0, 0.05) is 33.6 Å². The van der Waals surface area contributed by atoms with Crippen LogP contribution in [0.2, 0.25) is 5.02 Å². The van der Waals surface area contributed by atoms with Gasteiger partial charge in [-0.3, -0.25) is 4.99 Å². The second-order valence-electron chi connectivity index (χ2n) is 7.28. The Balaban J connectivity index is 1.62. The van der Waals surface area contributed by atoms with Crippen LogP contribution in [0, 0.1) is 16.5 Å². The van der Waals surface area contributed by atoms with Crippen LogP contribution in [-0.4, -0.2) is 15.7 Å². The Bertz CT molecular complexity index is 1400. The van der Waals surface area contributed by atoms with Crippen LogP contribution in [0.25, 0.3) is 11.3 Å². The van der Waals surface area contributed by atoms with Crippen LogP contribution in [0.3, 0.4) is 0 Å². The van der Waals surface area contributed by atoms with E-state index in [1.807, 2.05) is 0 Å². The Labute approximate surface area is 192 Å². The number of nitrogens with one attached hydrogen (secondary N) is 1. The van der Waals surface area contributed by atoms with E-state index in [4.69, 9.17) is 11.6 Å². The molecule has 5 rings (SSSR count). The fourth-order valence-electron chi connectivity index (χ4n) is 3.66. The molecule has 0 amide bonds. The Morgan fingerprint density at radius 1 is 0.970 bits per heavy atom. The maximum absolute atomic E-state index is 14.6. The lowest BCUT2D eigenvalue weighted by Crippen LogP contribution is -2.10. The van der Waals surface area contributed by atoms with Gasteiger partial charge in [-0.2, -0.15) is 0 Å². The minimum absolute atomic E-state index is 0.130. The molecule has 1 aliphatic rings. The number of aromatic nitrogens is 2. The number of halogens is 3. The van der Waals surface area contributed by atoms with E-state index in [1.165, 1.54) is 18.2 Å². The SMILES string of the molecule is O=Nc1ccc(Nc2ncc3c(n2)-c2ccc(Cl)cc2C(c2c(F)cccc2F)=NC3)cc1. The molecule has 0 atom stereocenters. The van der Waals surface area contributed by atoms with E-state index >= 15 is 0 Å². The Kier molecular flexibility index (Phi) is 5.35. The van der Waals surface area contributed by atoms with Crippen molar-refractivity contribution in [2.24, 2.45) is 10.2 Å². The molecule has 0 saturated heterocycles. The predicted molar refractivity (Wildman–Crippen MR) is 123 cm³/mol. The lowest BCUT2D eigenvalue weighted by molar-refractivity contribution is 0.579. The van der Waals surface area contributed by atoms with Crippen molar-refractivity contribution in [2.45, 2.75) is 6.54 Å². The van der Waals surface area contributed by atoms with Crippen molar-refractivity contribution in [3.05, 3.63) is 105 Å². The number of nitrogens with zero attached hydrogens (tertiary/aromatic N) is 4. The lowest BCUT2D eigenvalue weighted by Gasteiger charge is -2.13. The molecular formula is C24H14ClF2N5O. The Morgan fingerprint density at radius 2 is 1.73 bits per heavy atom. The lowest BCUT2D eigenvalue weighted by atomic mass is 9.95. The van der Waals surface area contributed by atoms with Gasteiger partial charge in [0.2, 0.25) is 5.95 Å². The number of nitroso groups, excluding NO2 is 1. The normalized spacial score (nSPS) is 12.3. The fraction of sp³-hybridized carbons (Fsp3) is 0.0417. The van der Waals surface area contributed by atoms with Gasteiger partial charge in [-0.1, -0.05) is 23.7 Å². The van der Waals surface area contributed by atoms with E-state index in [0.29, 0.717) is 44.7 Å². The van der Waals surface area contributed by atoms with Gasteiger partial charge in [0.1, 0.15) is 17.3 Å². The molecule has 1 aromatic heterocycles. The summed E-state index contributed by atoms with van der Waals surface area (Å²) in [7, 11) is 0. The standard InChI is InChI=1S/C24H14ClF2N5O/c25-14-4-9-17-18(10-14)23(21-19(26)2-1-3-20(21)27)28-11-13-12-29-24(31-22(13)17)30-15-5-7-16(32-33)8-6-15/h1-10,12H,11H2,(H,29,30,31). The molecular weight excluding hydrogens is 448 g/mol.